The highest BCUT2D eigenvalue weighted by Gasteiger charge is 2.46. The minimum atomic E-state index is -1.77. The second-order valence-corrected chi connectivity index (χ2v) is 28.7. The van der Waals surface area contributed by atoms with Gasteiger partial charge in [0.25, 0.3) is 0 Å². The van der Waals surface area contributed by atoms with Crippen LogP contribution in [0.25, 0.3) is 11.0 Å². The van der Waals surface area contributed by atoms with Crippen molar-refractivity contribution in [1.82, 2.24) is 65.1 Å². The molecule has 2 aromatic rings. The van der Waals surface area contributed by atoms with E-state index in [1.54, 1.807) is 73.2 Å². The van der Waals surface area contributed by atoms with E-state index in [-0.39, 0.29) is 61.3 Å². The predicted octanol–water partition coefficient (Wildman–Crippen LogP) is 4.12. The van der Waals surface area contributed by atoms with E-state index < -0.39 is 156 Å². The number of hydrogen-bond donors (Lipinski definition) is 6. The maximum absolute atomic E-state index is 15.5. The first kappa shape index (κ1) is 81.6. The maximum Gasteiger partial charge on any atom is 0.335 e. The van der Waals surface area contributed by atoms with Crippen LogP contribution in [0.15, 0.2) is 30.5 Å². The average molecular weight is 1330 g/mol. The largest absolute Gasteiger partial charge is 0.478 e. The molecule has 1 aromatic heterocycles. The summed E-state index contributed by atoms with van der Waals surface area (Å²) in [6, 6.07) is -7.43. The Balaban J connectivity index is 2.35. The third kappa shape index (κ3) is 20.9. The number of aliphatic hydroxyl groups excluding tert-OH is 1. The Labute approximate surface area is 564 Å². The van der Waals surface area contributed by atoms with E-state index >= 15 is 19.2 Å². The second-order valence-electron chi connectivity index (χ2n) is 28.7. The molecular formula is C69H115N13O13. The molecule has 1 aliphatic rings. The highest BCUT2D eigenvalue weighted by Crippen LogP contribution is 2.28. The Hall–Kier alpha value is -7.64. The van der Waals surface area contributed by atoms with Crippen LogP contribution in [0, 0.1) is 41.4 Å². The van der Waals surface area contributed by atoms with Gasteiger partial charge in [0.1, 0.15) is 60.2 Å². The molecule has 0 spiro atoms. The summed E-state index contributed by atoms with van der Waals surface area (Å²) in [5.41, 5.74) is 1.27. The predicted molar refractivity (Wildman–Crippen MR) is 365 cm³/mol. The fourth-order valence-corrected chi connectivity index (χ4v) is 12.3. The number of amides is 10. The van der Waals surface area contributed by atoms with Crippen molar-refractivity contribution in [1.29, 1.82) is 0 Å². The van der Waals surface area contributed by atoms with Crippen molar-refractivity contribution in [3.8, 4) is 0 Å². The standard InChI is InChI=1S/C69H115N13O13/c1-26-47-64(89)75(18)35-55(83)77(20)51(30-37(4)5)61(86)74-56(40(10)11)67(92)78(21)50(29-36(2)3)43(15)70-44(16)60(85)71-45(17)63(88)79(22)52(31-38(6)7)65(90)80(23)53(32-39(8)9)66(91)81(24)57(41(12)13)68(93)82(25)58(62(87)73-47)59(84)42(14)33-54-72-48-34-46(69(94)95)27-28-49(48)76(54)19/h27-28,34,36-42,44-45,47,50-53,56-59,70,84H,15,26,29-33,35H2,1-14,16-25H3,(H,71,85)(H,73,87)(H,74,86)(H,94,95)/t42-,44+,45-,47+,50+,51+,52+,53+,56+,57+,58+,59-/m1/s1. The molecule has 1 saturated heterocycles. The Morgan fingerprint density at radius 1 is 0.547 bits per heavy atom. The molecule has 3 rings (SSSR count). The minimum Gasteiger partial charge on any atom is -0.478 e. The number of nitrogens with zero attached hydrogens (tertiary/aromatic N) is 9. The van der Waals surface area contributed by atoms with Gasteiger partial charge in [0.05, 0.1) is 35.3 Å². The van der Waals surface area contributed by atoms with Gasteiger partial charge in [-0.25, -0.2) is 9.78 Å². The highest BCUT2D eigenvalue weighted by atomic mass is 16.4. The van der Waals surface area contributed by atoms with Gasteiger partial charge in [0.2, 0.25) is 59.1 Å². The zero-order valence-electron chi connectivity index (χ0n) is 61.2. The molecule has 0 unspecified atom stereocenters. The lowest BCUT2D eigenvalue weighted by Crippen LogP contribution is -2.63. The molecule has 1 fully saturated rings. The van der Waals surface area contributed by atoms with Crippen molar-refractivity contribution >= 4 is 76.1 Å². The van der Waals surface area contributed by atoms with Crippen molar-refractivity contribution in [3.63, 3.8) is 0 Å². The normalized spacial score (nSPS) is 25.3. The summed E-state index contributed by atoms with van der Waals surface area (Å²) in [7, 11) is 11.8. The Kier molecular flexibility index (Phi) is 30.4. The minimum absolute atomic E-state index is 0.00262. The molecule has 26 heteroatoms. The lowest BCUT2D eigenvalue weighted by atomic mass is 9.91. The third-order valence-electron chi connectivity index (χ3n) is 18.2. The number of imidazole rings is 1. The van der Waals surface area contributed by atoms with Crippen molar-refractivity contribution in [2.75, 3.05) is 55.9 Å². The van der Waals surface area contributed by atoms with Gasteiger partial charge in [-0.05, 0) is 106 Å². The molecule has 0 saturated carbocycles. The SMILES string of the molecule is C=C1N[C@@H](C)C(=O)N[C@H](C)C(=O)N(C)[C@@H](CC(C)C)C(=O)N(C)[C@@H](CC(C)C)C(=O)N(C)[C@@H](C(C)C)C(=O)N(C)[C@@H]([C@H](O)[C@H](C)Cc2nc3cc(C(=O)O)ccc3n2C)C(=O)N[C@@H](CC)C(=O)N(C)CC(=O)N(C)[C@@H](CC(C)C)C(=O)N[C@@H](C(C)C)C(=O)N(C)[C@H]1CC(C)C. The zero-order chi connectivity index (χ0) is 72.9. The fraction of sp³-hybridized carbons (Fsp3) is 0.710. The molecule has 0 aliphatic carbocycles. The summed E-state index contributed by atoms with van der Waals surface area (Å²) in [5.74, 6) is -9.85. The lowest BCUT2D eigenvalue weighted by Gasteiger charge is -2.41. The topological polar surface area (TPSA) is 317 Å². The molecule has 534 valence electrons. The van der Waals surface area contributed by atoms with Gasteiger partial charge in [-0.1, -0.05) is 104 Å². The van der Waals surface area contributed by atoms with Crippen molar-refractivity contribution in [2.24, 2.45) is 48.5 Å². The van der Waals surface area contributed by atoms with Crippen molar-refractivity contribution < 1.29 is 63.0 Å². The first-order valence-electron chi connectivity index (χ1n) is 33.5. The number of carboxylic acid groups (broad SMARTS) is 1. The van der Waals surface area contributed by atoms with Gasteiger partial charge in [-0.3, -0.25) is 47.9 Å². The zero-order valence-corrected chi connectivity index (χ0v) is 61.2. The van der Waals surface area contributed by atoms with Crippen LogP contribution in [0.2, 0.25) is 0 Å². The Morgan fingerprint density at radius 2 is 1.03 bits per heavy atom. The van der Waals surface area contributed by atoms with Crippen LogP contribution < -0.4 is 21.3 Å². The molecular weight excluding hydrogens is 1220 g/mol. The van der Waals surface area contributed by atoms with E-state index in [0.29, 0.717) is 29.0 Å². The van der Waals surface area contributed by atoms with Crippen molar-refractivity contribution in [2.45, 2.75) is 216 Å². The highest BCUT2D eigenvalue weighted by molar-refractivity contribution is 5.99. The van der Waals surface area contributed by atoms with Gasteiger partial charge in [-0.15, -0.1) is 0 Å². The van der Waals surface area contributed by atoms with E-state index in [1.165, 1.54) is 85.8 Å². The van der Waals surface area contributed by atoms with E-state index in [9.17, 15) is 43.8 Å². The van der Waals surface area contributed by atoms with E-state index in [4.69, 9.17) is 0 Å². The molecule has 95 heavy (non-hydrogen) atoms. The molecule has 26 nitrogen and oxygen atoms in total. The van der Waals surface area contributed by atoms with Gasteiger partial charge in [0.15, 0.2) is 0 Å². The summed E-state index contributed by atoms with van der Waals surface area (Å²) in [6.45, 7) is 32.2. The van der Waals surface area contributed by atoms with E-state index in [1.807, 2.05) is 55.4 Å². The summed E-state index contributed by atoms with van der Waals surface area (Å²) >= 11 is 0. The number of aryl methyl sites for hydroxylation is 1. The number of benzene rings is 1. The maximum atomic E-state index is 15.5. The molecule has 2 heterocycles. The lowest BCUT2D eigenvalue weighted by molar-refractivity contribution is -0.157. The summed E-state index contributed by atoms with van der Waals surface area (Å²) in [6.07, 6.45) is -0.910. The molecule has 0 radical (unpaired) electrons. The average Bonchev–Trinajstić information content (AvgIpc) is 1.78. The summed E-state index contributed by atoms with van der Waals surface area (Å²) in [5, 5.41) is 34.0. The smallest absolute Gasteiger partial charge is 0.335 e. The molecule has 10 amide bonds. The fourth-order valence-electron chi connectivity index (χ4n) is 12.3. The van der Waals surface area contributed by atoms with E-state index in [0.717, 1.165) is 9.80 Å². The Morgan fingerprint density at radius 3 is 1.53 bits per heavy atom. The third-order valence-corrected chi connectivity index (χ3v) is 18.2. The number of aromatic nitrogens is 2. The van der Waals surface area contributed by atoms with Crippen LogP contribution >= 0.6 is 0 Å². The first-order chi connectivity index (χ1) is 43.9. The number of carbonyl (C=O) groups is 11. The Bertz CT molecular complexity index is 3070. The van der Waals surface area contributed by atoms with E-state index in [2.05, 4.69) is 32.8 Å². The van der Waals surface area contributed by atoms with Gasteiger partial charge in [-0.2, -0.15) is 0 Å². The second kappa shape index (κ2) is 35.4. The number of hydrogen-bond acceptors (Lipinski definition) is 14. The number of aliphatic hydroxyl groups is 1. The number of nitrogens with one attached hydrogen (secondary N) is 4. The number of rotatable bonds is 16. The number of likely N-dealkylation sites (N-methyl/N-ethyl adjacent to an activating group) is 7. The summed E-state index contributed by atoms with van der Waals surface area (Å²) in [4.78, 5) is 173. The molecule has 0 bridgehead atoms. The van der Waals surface area contributed by atoms with Crippen LogP contribution in [0.5, 0.6) is 0 Å². The van der Waals surface area contributed by atoms with Gasteiger partial charge < -0.3 is 70.3 Å². The number of carbonyl (C=O) groups excluding carboxylic acids is 10. The molecule has 1 aliphatic heterocycles. The number of carboxylic acids is 1. The van der Waals surface area contributed by atoms with Crippen LogP contribution in [-0.2, 0) is 61.4 Å². The van der Waals surface area contributed by atoms with Gasteiger partial charge in [0, 0.05) is 68.5 Å². The van der Waals surface area contributed by atoms with Crippen LogP contribution in [0.4, 0.5) is 0 Å². The van der Waals surface area contributed by atoms with Crippen LogP contribution in [0.3, 0.4) is 0 Å². The van der Waals surface area contributed by atoms with Gasteiger partial charge >= 0.3 is 5.97 Å². The number of fused-ring (bicyclic) bond motifs is 1. The summed E-state index contributed by atoms with van der Waals surface area (Å²) < 4.78 is 1.72. The quantitative estimate of drug-likeness (QED) is 0.138. The molecule has 1 aromatic carbocycles. The first-order valence-corrected chi connectivity index (χ1v) is 33.5. The van der Waals surface area contributed by atoms with Crippen LogP contribution in [0.1, 0.15) is 159 Å². The molecule has 12 atom stereocenters. The van der Waals surface area contributed by atoms with Crippen molar-refractivity contribution in [3.05, 3.63) is 41.9 Å². The van der Waals surface area contributed by atoms with Crippen LogP contribution in [-0.4, -0.2) is 242 Å². The number of aromatic carboxylic acids is 1. The molecule has 6 N–H and O–H groups in total. The monoisotopic (exact) mass is 1330 g/mol.